The Balaban J connectivity index is 5.51. The third-order valence-corrected chi connectivity index (χ3v) is 17.3. The first-order valence-electron chi connectivity index (χ1n) is 39.0. The lowest BCUT2D eigenvalue weighted by molar-refractivity contribution is -0.161. The van der Waals surface area contributed by atoms with Crippen molar-refractivity contribution in [2.75, 3.05) is 39.6 Å². The van der Waals surface area contributed by atoms with E-state index in [0.717, 1.165) is 148 Å². The van der Waals surface area contributed by atoms with Crippen molar-refractivity contribution in [3.8, 4) is 0 Å². The molecule has 0 aliphatic rings. The summed E-state index contributed by atoms with van der Waals surface area (Å²) in [4.78, 5) is 72.9. The summed E-state index contributed by atoms with van der Waals surface area (Å²) < 4.78 is 68.3. The molecular formula is C85H136O17P2. The van der Waals surface area contributed by atoms with E-state index in [1.807, 2.05) is 18.2 Å². The largest absolute Gasteiger partial charge is 0.472 e. The van der Waals surface area contributed by atoms with Crippen LogP contribution in [0.25, 0.3) is 0 Å². The van der Waals surface area contributed by atoms with E-state index < -0.39 is 97.5 Å². The number of hydrogen-bond acceptors (Lipinski definition) is 15. The Morgan fingerprint density at radius 1 is 0.288 bits per heavy atom. The van der Waals surface area contributed by atoms with Gasteiger partial charge in [-0.3, -0.25) is 37.3 Å². The minimum Gasteiger partial charge on any atom is -0.462 e. The minimum atomic E-state index is -5.01. The van der Waals surface area contributed by atoms with Crippen LogP contribution in [0.15, 0.2) is 182 Å². The van der Waals surface area contributed by atoms with Crippen molar-refractivity contribution in [3.63, 3.8) is 0 Å². The molecule has 0 aromatic heterocycles. The molecule has 0 heterocycles. The summed E-state index contributed by atoms with van der Waals surface area (Å²) in [6, 6.07) is 0. The maximum atomic E-state index is 13.1. The average molecular weight is 1490 g/mol. The van der Waals surface area contributed by atoms with Gasteiger partial charge in [-0.15, -0.1) is 0 Å². The highest BCUT2D eigenvalue weighted by Crippen LogP contribution is 2.45. The highest BCUT2D eigenvalue weighted by Gasteiger charge is 2.30. The predicted molar refractivity (Wildman–Crippen MR) is 426 cm³/mol. The Kier molecular flexibility index (Phi) is 71.2. The van der Waals surface area contributed by atoms with E-state index in [9.17, 15) is 43.2 Å². The molecule has 0 amide bonds. The van der Waals surface area contributed by atoms with E-state index in [1.165, 1.54) is 38.5 Å². The summed E-state index contributed by atoms with van der Waals surface area (Å²) >= 11 is 0. The molecule has 19 heteroatoms. The number of phosphoric ester groups is 2. The average Bonchev–Trinajstić information content (AvgIpc) is 0.918. The van der Waals surface area contributed by atoms with Crippen LogP contribution in [-0.4, -0.2) is 96.7 Å². The van der Waals surface area contributed by atoms with Gasteiger partial charge in [-0.05, 0) is 161 Å². The summed E-state index contributed by atoms with van der Waals surface area (Å²) in [6.45, 7) is 4.29. The lowest BCUT2D eigenvalue weighted by Crippen LogP contribution is -2.30. The Bertz CT molecular complexity index is 2690. The Hall–Kier alpha value is -5.84. The number of rotatable bonds is 71. The van der Waals surface area contributed by atoms with Gasteiger partial charge in [0.1, 0.15) is 19.3 Å². The second-order valence-corrected chi connectivity index (χ2v) is 28.1. The van der Waals surface area contributed by atoms with Crippen molar-refractivity contribution >= 4 is 39.5 Å². The number of aliphatic hydroxyl groups excluding tert-OH is 1. The predicted octanol–water partition coefficient (Wildman–Crippen LogP) is 22.8. The van der Waals surface area contributed by atoms with Crippen molar-refractivity contribution in [1.29, 1.82) is 0 Å². The van der Waals surface area contributed by atoms with Crippen LogP contribution in [0.2, 0.25) is 0 Å². The molecule has 0 spiro atoms. The van der Waals surface area contributed by atoms with Crippen LogP contribution in [0.1, 0.15) is 272 Å². The van der Waals surface area contributed by atoms with Gasteiger partial charge in [0.25, 0.3) is 0 Å². The van der Waals surface area contributed by atoms with Gasteiger partial charge < -0.3 is 33.8 Å². The fourth-order valence-corrected chi connectivity index (χ4v) is 11.1. The molecule has 0 aliphatic heterocycles. The number of aliphatic hydroxyl groups is 1. The molecule has 0 aromatic rings. The number of unbranched alkanes of at least 4 members (excludes halogenated alkanes) is 16. The molecule has 0 bridgehead atoms. The maximum Gasteiger partial charge on any atom is 0.472 e. The number of phosphoric acid groups is 2. The van der Waals surface area contributed by atoms with Crippen molar-refractivity contribution in [1.82, 2.24) is 0 Å². The molecule has 0 rings (SSSR count). The van der Waals surface area contributed by atoms with Crippen LogP contribution in [0.5, 0.6) is 0 Å². The molecule has 104 heavy (non-hydrogen) atoms. The van der Waals surface area contributed by atoms with Crippen molar-refractivity contribution in [2.45, 2.75) is 290 Å². The van der Waals surface area contributed by atoms with Crippen LogP contribution >= 0.6 is 15.6 Å². The van der Waals surface area contributed by atoms with Crippen LogP contribution in [0.3, 0.4) is 0 Å². The zero-order valence-electron chi connectivity index (χ0n) is 64.1. The lowest BCUT2D eigenvalue weighted by Gasteiger charge is -2.21. The smallest absolute Gasteiger partial charge is 0.462 e. The summed E-state index contributed by atoms with van der Waals surface area (Å²) in [5, 5.41) is 10.6. The fourth-order valence-electron chi connectivity index (χ4n) is 9.54. The molecule has 0 saturated heterocycles. The van der Waals surface area contributed by atoms with E-state index in [4.69, 9.17) is 37.0 Å². The molecule has 0 aliphatic carbocycles. The quantitative estimate of drug-likeness (QED) is 0.0169. The molecule has 17 nitrogen and oxygen atoms in total. The van der Waals surface area contributed by atoms with Crippen molar-refractivity contribution in [3.05, 3.63) is 182 Å². The van der Waals surface area contributed by atoms with E-state index in [-0.39, 0.29) is 25.7 Å². The van der Waals surface area contributed by atoms with Gasteiger partial charge in [-0.25, -0.2) is 9.13 Å². The molecule has 5 unspecified atom stereocenters. The third-order valence-electron chi connectivity index (χ3n) is 15.4. The van der Waals surface area contributed by atoms with Crippen LogP contribution < -0.4 is 0 Å². The zero-order valence-corrected chi connectivity index (χ0v) is 65.9. The van der Waals surface area contributed by atoms with Gasteiger partial charge >= 0.3 is 39.5 Å². The molecular weight excluding hydrogens is 1350 g/mol. The number of allylic oxidation sites excluding steroid dienone is 29. The standard InChI is InChI=1S/C85H136O17P2/c1-5-9-13-17-21-25-29-33-37-38-39-40-44-46-50-54-58-62-66-70-83(88)96-76-81(102-85(90)72-68-64-60-56-52-48-43-36-32-28-24-20-16-12-8-4)78-100-104(93,94)98-74-79(86)73-97-103(91,92)99-77-80(101-84(89)71-67-63-59-55-51-47-42-35-31-27-23-19-15-11-7-3)75-95-82(87)69-65-61-57-53-49-45-41-34-30-26-22-18-14-10-6-2/h9-10,12-14,16,21-22,24-26,28,33-37,39-43,46,49-50,52-53,56,61,65,79-81,86H,5-8,11,15,17-20,23,27,29-32,38,44-45,47-48,51,54-55,57-60,62-64,66-78H2,1-4H3,(H,91,92)(H,93,94)/b13-9-,14-10-,16-12-,25-21-,26-22-,28-24-,37-33-,40-39-,41-34-,42-35-,43-36-,50-46-,53-49-,56-52-,65-61-. The Morgan fingerprint density at radius 3 is 0.894 bits per heavy atom. The summed E-state index contributed by atoms with van der Waals surface area (Å²) in [5.41, 5.74) is 0. The van der Waals surface area contributed by atoms with E-state index >= 15 is 0 Å². The molecule has 5 atom stereocenters. The highest BCUT2D eigenvalue weighted by molar-refractivity contribution is 7.47. The molecule has 0 saturated carbocycles. The summed E-state index contributed by atoms with van der Waals surface area (Å²) in [7, 11) is -10.0. The van der Waals surface area contributed by atoms with E-state index in [1.54, 1.807) is 6.08 Å². The van der Waals surface area contributed by atoms with Gasteiger partial charge in [0.15, 0.2) is 12.2 Å². The number of hydrogen-bond donors (Lipinski definition) is 3. The van der Waals surface area contributed by atoms with Gasteiger partial charge in [0.05, 0.1) is 32.8 Å². The molecule has 0 fully saturated rings. The van der Waals surface area contributed by atoms with E-state index in [2.05, 4.69) is 186 Å². The second kappa shape index (κ2) is 75.4. The molecule has 0 aromatic carbocycles. The summed E-state index contributed by atoms with van der Waals surface area (Å²) in [6.07, 6.45) is 90.6. The third kappa shape index (κ3) is 74.4. The fraction of sp³-hybridized carbons (Fsp3) is 0.600. The van der Waals surface area contributed by atoms with Gasteiger partial charge in [-0.2, -0.15) is 0 Å². The maximum absolute atomic E-state index is 13.1. The minimum absolute atomic E-state index is 0.0254. The lowest BCUT2D eigenvalue weighted by atomic mass is 10.1. The van der Waals surface area contributed by atoms with E-state index in [0.29, 0.717) is 32.1 Å². The summed E-state index contributed by atoms with van der Waals surface area (Å²) in [5.74, 6) is -2.44. The van der Waals surface area contributed by atoms with Crippen LogP contribution in [0, 0.1) is 0 Å². The zero-order chi connectivity index (χ0) is 76.0. The van der Waals surface area contributed by atoms with Crippen LogP contribution in [0.4, 0.5) is 0 Å². The van der Waals surface area contributed by atoms with Gasteiger partial charge in [0, 0.05) is 19.3 Å². The topological polar surface area (TPSA) is 237 Å². The first-order valence-corrected chi connectivity index (χ1v) is 42.0. The molecule has 3 N–H and O–H groups in total. The normalized spacial score (nSPS) is 14.9. The number of carbonyl (C=O) groups is 4. The first kappa shape index (κ1) is 98.2. The van der Waals surface area contributed by atoms with Crippen LogP contribution in [-0.2, 0) is 65.4 Å². The van der Waals surface area contributed by atoms with Crippen molar-refractivity contribution < 1.29 is 80.2 Å². The second-order valence-electron chi connectivity index (χ2n) is 25.2. The first-order chi connectivity index (χ1) is 50.7. The number of carbonyl (C=O) groups excluding carboxylic acids is 4. The molecule has 0 radical (unpaired) electrons. The number of esters is 4. The highest BCUT2D eigenvalue weighted by atomic mass is 31.2. The Morgan fingerprint density at radius 2 is 0.538 bits per heavy atom. The SMILES string of the molecule is CC/C=C\C/C=C\C/C=C\C/C=C\C/C=C\CCCCCC(=O)OCC(COP(=O)(O)OCC(O)COP(=O)(O)OCC(COC(=O)C/C=C\C/C=C\C/C=C\C/C=C\C/C=C\CC)OC(=O)CCCCCCC/C=C\CCCCCCCC)OC(=O)CCCC/C=C\C/C=C\C/C=C\C/C=C\CC. The Labute approximate surface area is 628 Å². The molecule has 588 valence electrons. The number of ether oxygens (including phenoxy) is 4. The van der Waals surface area contributed by atoms with Gasteiger partial charge in [-0.1, -0.05) is 268 Å². The van der Waals surface area contributed by atoms with Crippen molar-refractivity contribution in [2.24, 2.45) is 0 Å². The monoisotopic (exact) mass is 1490 g/mol. The van der Waals surface area contributed by atoms with Gasteiger partial charge in [0.2, 0.25) is 0 Å².